The molecule has 0 aromatic heterocycles. The van der Waals surface area contributed by atoms with Gasteiger partial charge in [0.15, 0.2) is 11.5 Å². The van der Waals surface area contributed by atoms with Crippen LogP contribution >= 0.6 is 11.8 Å². The molecule has 1 aromatic rings. The van der Waals surface area contributed by atoms with Gasteiger partial charge in [0, 0.05) is 11.3 Å². The molecule has 1 aromatic carbocycles. The zero-order valence-electron chi connectivity index (χ0n) is 10.4. The minimum absolute atomic E-state index is 0.0779. The van der Waals surface area contributed by atoms with E-state index in [4.69, 9.17) is 14.6 Å². The summed E-state index contributed by atoms with van der Waals surface area (Å²) in [6.07, 6.45) is 1.01. The van der Waals surface area contributed by atoms with Gasteiger partial charge in [-0.25, -0.2) is 4.79 Å². The van der Waals surface area contributed by atoms with Crippen LogP contribution in [0.1, 0.15) is 16.8 Å². The van der Waals surface area contributed by atoms with Gasteiger partial charge in [-0.3, -0.25) is 4.79 Å². The van der Waals surface area contributed by atoms with Crippen LogP contribution in [0.2, 0.25) is 0 Å². The number of ether oxygens (including phenoxy) is 2. The Hall–Kier alpha value is -1.69. The molecule has 1 saturated heterocycles. The van der Waals surface area contributed by atoms with E-state index in [1.54, 1.807) is 17.8 Å². The van der Waals surface area contributed by atoms with E-state index in [0.717, 1.165) is 17.9 Å². The first-order valence-electron chi connectivity index (χ1n) is 5.82. The number of thioether (sulfide) groups is 1. The van der Waals surface area contributed by atoms with Crippen LogP contribution in [0.15, 0.2) is 18.2 Å². The number of methoxy groups -OCH3 is 1. The van der Waals surface area contributed by atoms with Crippen LogP contribution in [-0.4, -0.2) is 41.6 Å². The second-order valence-corrected chi connectivity index (χ2v) is 5.25. The van der Waals surface area contributed by atoms with Gasteiger partial charge in [-0.2, -0.15) is 11.8 Å². The molecule has 2 rings (SSSR count). The molecule has 1 heterocycles. The number of carbonyl (C=O) groups excluding carboxylic acids is 1. The summed E-state index contributed by atoms with van der Waals surface area (Å²) in [6, 6.07) is 4.40. The first-order valence-corrected chi connectivity index (χ1v) is 6.97. The molecule has 5 nitrogen and oxygen atoms in total. The molecule has 0 radical (unpaired) electrons. The number of carboxylic acids is 1. The average molecular weight is 282 g/mol. The fourth-order valence-corrected chi connectivity index (χ4v) is 2.91. The third-order valence-corrected chi connectivity index (χ3v) is 3.93. The lowest BCUT2D eigenvalue weighted by Crippen LogP contribution is -2.17. The molecule has 1 N–H and O–H groups in total. The summed E-state index contributed by atoms with van der Waals surface area (Å²) in [7, 11) is 1.50. The number of benzene rings is 1. The van der Waals surface area contributed by atoms with E-state index < -0.39 is 11.8 Å². The second-order valence-electron chi connectivity index (χ2n) is 4.10. The number of hydrogen-bond acceptors (Lipinski definition) is 5. The molecule has 1 atom stereocenters. The highest BCUT2D eigenvalue weighted by atomic mass is 32.2. The Kier molecular flexibility index (Phi) is 4.31. The van der Waals surface area contributed by atoms with Crippen molar-refractivity contribution in [1.29, 1.82) is 0 Å². The van der Waals surface area contributed by atoms with Crippen molar-refractivity contribution in [3.63, 3.8) is 0 Å². The minimum atomic E-state index is -1.48. The molecule has 19 heavy (non-hydrogen) atoms. The summed E-state index contributed by atoms with van der Waals surface area (Å²) >= 11 is 1.80. The zero-order valence-corrected chi connectivity index (χ0v) is 11.2. The van der Waals surface area contributed by atoms with Gasteiger partial charge in [0.05, 0.1) is 7.11 Å². The van der Waals surface area contributed by atoms with Crippen LogP contribution in [0.25, 0.3) is 0 Å². The van der Waals surface area contributed by atoms with E-state index in [9.17, 15) is 9.59 Å². The van der Waals surface area contributed by atoms with E-state index in [1.165, 1.54) is 19.2 Å². The van der Waals surface area contributed by atoms with Gasteiger partial charge in [0.2, 0.25) is 0 Å². The topological polar surface area (TPSA) is 72.8 Å². The predicted octanol–water partition coefficient (Wildman–Crippen LogP) is 1.85. The lowest BCUT2D eigenvalue weighted by molar-refractivity contribution is -0.131. The van der Waals surface area contributed by atoms with Crippen LogP contribution in [0.4, 0.5) is 0 Å². The van der Waals surface area contributed by atoms with Crippen LogP contribution in [0.3, 0.4) is 0 Å². The van der Waals surface area contributed by atoms with Gasteiger partial charge in [-0.15, -0.1) is 0 Å². The first-order chi connectivity index (χ1) is 9.11. The summed E-state index contributed by atoms with van der Waals surface area (Å²) in [5.41, 5.74) is 0.0916. The summed E-state index contributed by atoms with van der Waals surface area (Å²) in [6.45, 7) is 0. The highest BCUT2D eigenvalue weighted by Gasteiger charge is 2.21. The molecule has 1 aliphatic rings. The quantitative estimate of drug-likeness (QED) is 0.656. The van der Waals surface area contributed by atoms with Gasteiger partial charge >= 0.3 is 5.97 Å². The Morgan fingerprint density at radius 3 is 2.74 bits per heavy atom. The van der Waals surface area contributed by atoms with Crippen molar-refractivity contribution in [2.75, 3.05) is 18.6 Å². The van der Waals surface area contributed by atoms with Crippen molar-refractivity contribution in [3.05, 3.63) is 23.8 Å². The van der Waals surface area contributed by atoms with Gasteiger partial charge in [0.25, 0.3) is 5.78 Å². The van der Waals surface area contributed by atoms with Crippen molar-refractivity contribution in [1.82, 2.24) is 0 Å². The normalized spacial score (nSPS) is 18.1. The van der Waals surface area contributed by atoms with Crippen molar-refractivity contribution in [2.24, 2.45) is 0 Å². The van der Waals surface area contributed by atoms with Crippen LogP contribution in [0, 0.1) is 0 Å². The van der Waals surface area contributed by atoms with E-state index in [-0.39, 0.29) is 11.7 Å². The average Bonchev–Trinajstić information content (AvgIpc) is 2.90. The predicted molar refractivity (Wildman–Crippen MR) is 71.3 cm³/mol. The monoisotopic (exact) mass is 282 g/mol. The molecule has 0 saturated carbocycles. The van der Waals surface area contributed by atoms with Crippen molar-refractivity contribution >= 4 is 23.5 Å². The highest BCUT2D eigenvalue weighted by molar-refractivity contribution is 7.99. The molecule has 1 fully saturated rings. The van der Waals surface area contributed by atoms with Gasteiger partial charge < -0.3 is 14.6 Å². The van der Waals surface area contributed by atoms with Crippen LogP contribution in [-0.2, 0) is 4.79 Å². The summed E-state index contributed by atoms with van der Waals surface area (Å²) in [5, 5.41) is 8.71. The molecule has 6 heteroatoms. The lowest BCUT2D eigenvalue weighted by Gasteiger charge is -2.15. The maximum absolute atomic E-state index is 11.4. The second kappa shape index (κ2) is 5.97. The smallest absolute Gasteiger partial charge is 0.377 e. The minimum Gasteiger partial charge on any atom is -0.493 e. The lowest BCUT2D eigenvalue weighted by atomic mass is 10.1. The summed E-state index contributed by atoms with van der Waals surface area (Å²) < 4.78 is 10.9. The van der Waals surface area contributed by atoms with Crippen LogP contribution < -0.4 is 9.47 Å². The van der Waals surface area contributed by atoms with Gasteiger partial charge in [-0.05, 0) is 30.4 Å². The molecular formula is C13H14O5S. The summed E-state index contributed by atoms with van der Waals surface area (Å²) in [4.78, 5) is 22.1. The molecule has 0 amide bonds. The molecule has 0 aliphatic carbocycles. The van der Waals surface area contributed by atoms with Crippen molar-refractivity contribution < 1.29 is 24.2 Å². The Labute approximate surface area is 114 Å². The maximum Gasteiger partial charge on any atom is 0.377 e. The first kappa shape index (κ1) is 13.7. The number of carboxylic acid groups (broad SMARTS) is 1. The standard InChI is InChI=1S/C13H14O5S/c1-17-10-3-2-8(12(14)13(15)16)6-11(10)18-9-4-5-19-7-9/h2-3,6,9H,4-5,7H2,1H3,(H,15,16). The van der Waals surface area contributed by atoms with Gasteiger partial charge in [0.1, 0.15) is 6.10 Å². The molecule has 0 spiro atoms. The van der Waals surface area contributed by atoms with E-state index in [0.29, 0.717) is 11.5 Å². The number of ketones is 1. The number of carbonyl (C=O) groups is 2. The molecule has 102 valence electrons. The Balaban J connectivity index is 2.25. The van der Waals surface area contributed by atoms with Crippen LogP contribution in [0.5, 0.6) is 11.5 Å². The molecule has 1 aliphatic heterocycles. The third-order valence-electron chi connectivity index (χ3n) is 2.80. The third kappa shape index (κ3) is 3.20. The summed E-state index contributed by atoms with van der Waals surface area (Å²) in [5.74, 6) is 0.419. The molecule has 0 bridgehead atoms. The number of rotatable bonds is 5. The Morgan fingerprint density at radius 2 is 2.16 bits per heavy atom. The van der Waals surface area contributed by atoms with Crippen molar-refractivity contribution in [3.8, 4) is 11.5 Å². The van der Waals surface area contributed by atoms with Crippen molar-refractivity contribution in [2.45, 2.75) is 12.5 Å². The maximum atomic E-state index is 11.4. The molecule has 1 unspecified atom stereocenters. The largest absolute Gasteiger partial charge is 0.493 e. The fraction of sp³-hybridized carbons (Fsp3) is 0.385. The molecular weight excluding hydrogens is 268 g/mol. The van der Waals surface area contributed by atoms with Gasteiger partial charge in [-0.1, -0.05) is 0 Å². The number of aliphatic carboxylic acids is 1. The highest BCUT2D eigenvalue weighted by Crippen LogP contribution is 2.32. The van der Waals surface area contributed by atoms with E-state index in [1.807, 2.05) is 0 Å². The zero-order chi connectivity index (χ0) is 13.8. The Bertz CT molecular complexity index is 494. The Morgan fingerprint density at radius 1 is 1.37 bits per heavy atom. The number of hydrogen-bond donors (Lipinski definition) is 1. The number of Topliss-reactive ketones (excluding diaryl/α,β-unsaturated/α-hetero) is 1. The fourth-order valence-electron chi connectivity index (χ4n) is 1.82. The van der Waals surface area contributed by atoms with E-state index >= 15 is 0 Å². The SMILES string of the molecule is COc1ccc(C(=O)C(=O)O)cc1OC1CCSC1. The van der Waals surface area contributed by atoms with E-state index in [2.05, 4.69) is 0 Å².